The normalized spacial score (nSPS) is 13.2. The Balaban J connectivity index is 2.66. The Morgan fingerprint density at radius 1 is 1.50 bits per heavy atom. The van der Waals surface area contributed by atoms with E-state index in [4.69, 9.17) is 11.6 Å². The quantitative estimate of drug-likeness (QED) is 0.889. The lowest BCUT2D eigenvalue weighted by molar-refractivity contribution is 0.0585. The second-order valence-electron chi connectivity index (χ2n) is 5.22. The maximum Gasteiger partial charge on any atom is 0.254 e. The van der Waals surface area contributed by atoms with Gasteiger partial charge in [0.1, 0.15) is 5.82 Å². The molecule has 1 amide bonds. The summed E-state index contributed by atoms with van der Waals surface area (Å²) in [6, 6.07) is 3.84. The monoisotopic (exact) mass is 273 g/mol. The van der Waals surface area contributed by atoms with Crippen LogP contribution in [0.25, 0.3) is 0 Å². The van der Waals surface area contributed by atoms with E-state index >= 15 is 0 Å². The van der Waals surface area contributed by atoms with E-state index in [0.717, 1.165) is 6.07 Å². The van der Waals surface area contributed by atoms with Crippen LogP contribution in [0.5, 0.6) is 0 Å². The Kier molecular flexibility index (Phi) is 4.71. The molecule has 1 unspecified atom stereocenters. The molecule has 5 heteroatoms. The van der Waals surface area contributed by atoms with Crippen LogP contribution in [0.1, 0.15) is 31.1 Å². The van der Waals surface area contributed by atoms with Crippen LogP contribution in [0.4, 0.5) is 4.39 Å². The molecule has 0 aliphatic heterocycles. The van der Waals surface area contributed by atoms with Crippen molar-refractivity contribution in [2.75, 3.05) is 6.54 Å². The molecule has 0 fully saturated rings. The van der Waals surface area contributed by atoms with E-state index in [9.17, 15) is 14.3 Å². The van der Waals surface area contributed by atoms with Crippen LogP contribution in [0, 0.1) is 11.2 Å². The first-order valence-electron chi connectivity index (χ1n) is 5.63. The first-order valence-corrected chi connectivity index (χ1v) is 6.01. The minimum Gasteiger partial charge on any atom is -0.391 e. The Morgan fingerprint density at radius 3 is 2.61 bits per heavy atom. The summed E-state index contributed by atoms with van der Waals surface area (Å²) in [6.45, 7) is 5.64. The molecule has 0 spiro atoms. The first-order chi connectivity index (χ1) is 8.21. The molecular weight excluding hydrogens is 257 g/mol. The number of rotatable bonds is 3. The molecular formula is C13H17ClFNO2. The van der Waals surface area contributed by atoms with Crippen LogP contribution in [-0.4, -0.2) is 23.7 Å². The van der Waals surface area contributed by atoms with Gasteiger partial charge in [0.05, 0.1) is 11.7 Å². The van der Waals surface area contributed by atoms with Gasteiger partial charge in [-0.1, -0.05) is 32.4 Å². The zero-order chi connectivity index (χ0) is 13.9. The van der Waals surface area contributed by atoms with E-state index in [1.165, 1.54) is 12.1 Å². The van der Waals surface area contributed by atoms with Crippen molar-refractivity contribution in [1.29, 1.82) is 0 Å². The van der Waals surface area contributed by atoms with Gasteiger partial charge in [0.15, 0.2) is 0 Å². The van der Waals surface area contributed by atoms with E-state index in [2.05, 4.69) is 5.32 Å². The lowest BCUT2D eigenvalue weighted by Crippen LogP contribution is -2.39. The third-order valence-electron chi connectivity index (χ3n) is 2.63. The molecule has 0 saturated heterocycles. The molecule has 18 heavy (non-hydrogen) atoms. The molecule has 1 aromatic carbocycles. The number of halogens is 2. The molecule has 0 aliphatic carbocycles. The summed E-state index contributed by atoms with van der Waals surface area (Å²) >= 11 is 5.60. The summed E-state index contributed by atoms with van der Waals surface area (Å²) < 4.78 is 13.5. The first kappa shape index (κ1) is 14.9. The zero-order valence-corrected chi connectivity index (χ0v) is 11.4. The highest BCUT2D eigenvalue weighted by Gasteiger charge is 2.23. The third kappa shape index (κ3) is 3.96. The highest BCUT2D eigenvalue weighted by molar-refractivity contribution is 6.30. The average molecular weight is 274 g/mol. The van der Waals surface area contributed by atoms with Gasteiger partial charge in [0.25, 0.3) is 5.91 Å². The van der Waals surface area contributed by atoms with Gasteiger partial charge >= 0.3 is 0 Å². The maximum absolute atomic E-state index is 13.5. The fourth-order valence-electron chi connectivity index (χ4n) is 1.26. The van der Waals surface area contributed by atoms with Gasteiger partial charge in [-0.25, -0.2) is 4.39 Å². The number of amides is 1. The van der Waals surface area contributed by atoms with Crippen molar-refractivity contribution in [3.8, 4) is 0 Å². The largest absolute Gasteiger partial charge is 0.391 e. The Labute approximate surface area is 111 Å². The molecule has 2 N–H and O–H groups in total. The van der Waals surface area contributed by atoms with Crippen molar-refractivity contribution >= 4 is 17.5 Å². The zero-order valence-electron chi connectivity index (χ0n) is 10.6. The summed E-state index contributed by atoms with van der Waals surface area (Å²) in [5.74, 6) is -1.24. The molecule has 3 nitrogen and oxygen atoms in total. The minimum atomic E-state index is -0.697. The van der Waals surface area contributed by atoms with Crippen molar-refractivity contribution in [2.45, 2.75) is 26.9 Å². The number of hydrogen-bond donors (Lipinski definition) is 2. The summed E-state index contributed by atoms with van der Waals surface area (Å²) in [5, 5.41) is 12.5. The van der Waals surface area contributed by atoms with Gasteiger partial charge in [-0.2, -0.15) is 0 Å². The van der Waals surface area contributed by atoms with Gasteiger partial charge in [0.2, 0.25) is 0 Å². The van der Waals surface area contributed by atoms with E-state index in [-0.39, 0.29) is 22.5 Å². The van der Waals surface area contributed by atoms with Gasteiger partial charge in [0, 0.05) is 11.6 Å². The van der Waals surface area contributed by atoms with E-state index < -0.39 is 17.8 Å². The van der Waals surface area contributed by atoms with Crippen LogP contribution >= 0.6 is 11.6 Å². The summed E-state index contributed by atoms with van der Waals surface area (Å²) in [5.41, 5.74) is -0.424. The predicted molar refractivity (Wildman–Crippen MR) is 69.2 cm³/mol. The van der Waals surface area contributed by atoms with E-state index in [0.29, 0.717) is 0 Å². The lowest BCUT2D eigenvalue weighted by atomic mass is 9.89. The number of hydrogen-bond acceptors (Lipinski definition) is 2. The molecule has 1 atom stereocenters. The number of benzene rings is 1. The van der Waals surface area contributed by atoms with Crippen molar-refractivity contribution in [3.63, 3.8) is 0 Å². The SMILES string of the molecule is CC(C)(C)C(O)CNC(=O)c1ccc(Cl)cc1F. The standard InChI is InChI=1S/C13H17ClFNO2/c1-13(2,3)11(17)7-16-12(18)9-5-4-8(14)6-10(9)15/h4-6,11,17H,7H2,1-3H3,(H,16,18). The third-order valence-corrected chi connectivity index (χ3v) is 2.87. The molecule has 0 aromatic heterocycles. The van der Waals surface area contributed by atoms with Gasteiger partial charge in [-0.3, -0.25) is 4.79 Å². The molecule has 1 rings (SSSR count). The van der Waals surface area contributed by atoms with Crippen molar-refractivity contribution < 1.29 is 14.3 Å². The van der Waals surface area contributed by atoms with Crippen LogP contribution in [0.3, 0.4) is 0 Å². The Hall–Kier alpha value is -1.13. The highest BCUT2D eigenvalue weighted by Crippen LogP contribution is 2.18. The number of aliphatic hydroxyl groups excluding tert-OH is 1. The van der Waals surface area contributed by atoms with Gasteiger partial charge in [-0.15, -0.1) is 0 Å². The second kappa shape index (κ2) is 5.67. The second-order valence-corrected chi connectivity index (χ2v) is 5.65. The molecule has 100 valence electrons. The number of carbonyl (C=O) groups is 1. The number of nitrogens with one attached hydrogen (secondary N) is 1. The average Bonchev–Trinajstić information content (AvgIpc) is 2.24. The number of carbonyl (C=O) groups excluding carboxylic acids is 1. The topological polar surface area (TPSA) is 49.3 Å². The van der Waals surface area contributed by atoms with Crippen LogP contribution in [-0.2, 0) is 0 Å². The van der Waals surface area contributed by atoms with Crippen molar-refractivity contribution in [3.05, 3.63) is 34.6 Å². The lowest BCUT2D eigenvalue weighted by Gasteiger charge is -2.25. The highest BCUT2D eigenvalue weighted by atomic mass is 35.5. The summed E-state index contributed by atoms with van der Waals surface area (Å²) in [4.78, 5) is 11.7. The smallest absolute Gasteiger partial charge is 0.254 e. The van der Waals surface area contributed by atoms with Crippen molar-refractivity contribution in [2.24, 2.45) is 5.41 Å². The predicted octanol–water partition coefficient (Wildman–Crippen LogP) is 2.62. The van der Waals surface area contributed by atoms with Crippen LogP contribution < -0.4 is 5.32 Å². The van der Waals surface area contributed by atoms with Gasteiger partial charge in [-0.05, 0) is 23.6 Å². The summed E-state index contributed by atoms with van der Waals surface area (Å²) in [7, 11) is 0. The molecule has 1 aromatic rings. The summed E-state index contributed by atoms with van der Waals surface area (Å²) in [6.07, 6.45) is -0.697. The fourth-order valence-corrected chi connectivity index (χ4v) is 1.42. The molecule has 0 bridgehead atoms. The molecule has 0 heterocycles. The minimum absolute atomic E-state index is 0.0738. The van der Waals surface area contributed by atoms with Crippen molar-refractivity contribution in [1.82, 2.24) is 5.32 Å². The van der Waals surface area contributed by atoms with E-state index in [1.54, 1.807) is 0 Å². The Morgan fingerprint density at radius 2 is 2.11 bits per heavy atom. The maximum atomic E-state index is 13.5. The fraction of sp³-hybridized carbons (Fsp3) is 0.462. The molecule has 0 aliphatic rings. The van der Waals surface area contributed by atoms with E-state index in [1.807, 2.05) is 20.8 Å². The van der Waals surface area contributed by atoms with Crippen LogP contribution in [0.2, 0.25) is 5.02 Å². The number of aliphatic hydroxyl groups is 1. The van der Waals surface area contributed by atoms with Crippen LogP contribution in [0.15, 0.2) is 18.2 Å². The van der Waals surface area contributed by atoms with Gasteiger partial charge < -0.3 is 10.4 Å². The molecule has 0 radical (unpaired) electrons. The Bertz CT molecular complexity index is 443. The molecule has 0 saturated carbocycles.